The highest BCUT2D eigenvalue weighted by molar-refractivity contribution is 5.90. The topological polar surface area (TPSA) is 41.1 Å². The summed E-state index contributed by atoms with van der Waals surface area (Å²) < 4.78 is 36.9. The molecule has 1 heterocycles. The number of carbonyl (C=O) groups is 1. The lowest BCUT2D eigenvalue weighted by molar-refractivity contribution is -0.137. The summed E-state index contributed by atoms with van der Waals surface area (Å²) in [6, 6.07) is 4.44. The van der Waals surface area contributed by atoms with Crippen LogP contribution in [0.3, 0.4) is 0 Å². The number of rotatable bonds is 3. The maximum atomic E-state index is 12.3. The van der Waals surface area contributed by atoms with E-state index in [2.05, 4.69) is 10.6 Å². The summed E-state index contributed by atoms with van der Waals surface area (Å²) in [5.74, 6) is 0.167. The summed E-state index contributed by atoms with van der Waals surface area (Å²) >= 11 is 0. The van der Waals surface area contributed by atoms with Gasteiger partial charge in [-0.3, -0.25) is 4.79 Å². The fourth-order valence-corrected chi connectivity index (χ4v) is 1.71. The van der Waals surface area contributed by atoms with Crippen LogP contribution < -0.4 is 10.6 Å². The first-order chi connectivity index (χ1) is 8.45. The average molecular weight is 258 g/mol. The molecule has 0 radical (unpaired) electrons. The van der Waals surface area contributed by atoms with Gasteiger partial charge in [0.15, 0.2) is 0 Å². The number of hydrogen-bond acceptors (Lipinski definition) is 2. The van der Waals surface area contributed by atoms with E-state index in [1.165, 1.54) is 12.1 Å². The van der Waals surface area contributed by atoms with Gasteiger partial charge in [-0.1, -0.05) is 0 Å². The summed E-state index contributed by atoms with van der Waals surface area (Å²) in [5.41, 5.74) is -0.330. The smallest absolute Gasteiger partial charge is 0.326 e. The molecule has 1 saturated heterocycles. The Morgan fingerprint density at radius 1 is 1.28 bits per heavy atom. The SMILES string of the molecule is O=C(CC1CNC1)Nc1ccc(C(F)(F)F)cc1. The molecule has 0 aliphatic carbocycles. The third-order valence-electron chi connectivity index (χ3n) is 2.84. The zero-order valence-electron chi connectivity index (χ0n) is 9.55. The van der Waals surface area contributed by atoms with Crippen LogP contribution in [-0.2, 0) is 11.0 Å². The lowest BCUT2D eigenvalue weighted by Gasteiger charge is -2.26. The van der Waals surface area contributed by atoms with Crippen molar-refractivity contribution in [3.05, 3.63) is 29.8 Å². The van der Waals surface area contributed by atoms with Crippen molar-refractivity contribution in [1.29, 1.82) is 0 Å². The number of anilines is 1. The first-order valence-electron chi connectivity index (χ1n) is 5.63. The number of alkyl halides is 3. The van der Waals surface area contributed by atoms with Crippen LogP contribution in [0.2, 0.25) is 0 Å². The summed E-state index contributed by atoms with van der Waals surface area (Å²) in [4.78, 5) is 11.5. The van der Waals surface area contributed by atoms with Gasteiger partial charge in [0.25, 0.3) is 0 Å². The number of carbonyl (C=O) groups excluding carboxylic acids is 1. The quantitative estimate of drug-likeness (QED) is 0.873. The number of hydrogen-bond donors (Lipinski definition) is 2. The van der Waals surface area contributed by atoms with Crippen LogP contribution in [0, 0.1) is 5.92 Å². The maximum absolute atomic E-state index is 12.3. The zero-order valence-corrected chi connectivity index (χ0v) is 9.55. The van der Waals surface area contributed by atoms with Crippen molar-refractivity contribution in [3.8, 4) is 0 Å². The monoisotopic (exact) mass is 258 g/mol. The Kier molecular flexibility index (Phi) is 3.56. The van der Waals surface area contributed by atoms with Gasteiger partial charge in [-0.25, -0.2) is 0 Å². The average Bonchev–Trinajstić information content (AvgIpc) is 2.23. The second-order valence-corrected chi connectivity index (χ2v) is 4.35. The number of halogens is 3. The Bertz CT molecular complexity index is 424. The van der Waals surface area contributed by atoms with E-state index >= 15 is 0 Å². The van der Waals surface area contributed by atoms with Gasteiger partial charge in [0.05, 0.1) is 5.56 Å². The molecule has 98 valence electrons. The van der Waals surface area contributed by atoms with Crippen molar-refractivity contribution < 1.29 is 18.0 Å². The lowest BCUT2D eigenvalue weighted by atomic mass is 9.99. The minimum absolute atomic E-state index is 0.166. The van der Waals surface area contributed by atoms with Crippen molar-refractivity contribution in [2.45, 2.75) is 12.6 Å². The fraction of sp³-hybridized carbons (Fsp3) is 0.417. The van der Waals surface area contributed by atoms with Crippen LogP contribution in [0.1, 0.15) is 12.0 Å². The Hall–Kier alpha value is -1.56. The van der Waals surface area contributed by atoms with E-state index in [1.807, 2.05) is 0 Å². The zero-order chi connectivity index (χ0) is 13.2. The molecular weight excluding hydrogens is 245 g/mol. The molecule has 2 rings (SSSR count). The number of amides is 1. The molecule has 18 heavy (non-hydrogen) atoms. The molecule has 3 nitrogen and oxygen atoms in total. The Balaban J connectivity index is 1.91. The highest BCUT2D eigenvalue weighted by Crippen LogP contribution is 2.29. The summed E-state index contributed by atoms with van der Waals surface area (Å²) in [5, 5.41) is 5.64. The predicted molar refractivity (Wildman–Crippen MR) is 61.1 cm³/mol. The van der Waals surface area contributed by atoms with Crippen LogP contribution in [0.15, 0.2) is 24.3 Å². The van der Waals surface area contributed by atoms with E-state index in [4.69, 9.17) is 0 Å². The van der Waals surface area contributed by atoms with Gasteiger partial charge in [-0.2, -0.15) is 13.2 Å². The van der Waals surface area contributed by atoms with E-state index in [1.54, 1.807) is 0 Å². The van der Waals surface area contributed by atoms with Gasteiger partial charge in [0, 0.05) is 12.1 Å². The van der Waals surface area contributed by atoms with E-state index in [0.29, 0.717) is 18.0 Å². The first kappa shape index (κ1) is 12.9. The lowest BCUT2D eigenvalue weighted by Crippen LogP contribution is -2.43. The van der Waals surface area contributed by atoms with Crippen molar-refractivity contribution >= 4 is 11.6 Å². The second kappa shape index (κ2) is 4.97. The molecule has 0 saturated carbocycles. The molecule has 1 amide bonds. The Morgan fingerprint density at radius 2 is 1.89 bits per heavy atom. The van der Waals surface area contributed by atoms with Crippen molar-refractivity contribution in [3.63, 3.8) is 0 Å². The van der Waals surface area contributed by atoms with E-state index in [0.717, 1.165) is 25.2 Å². The van der Waals surface area contributed by atoms with Gasteiger partial charge in [0.2, 0.25) is 5.91 Å². The normalized spacial score (nSPS) is 16.2. The van der Waals surface area contributed by atoms with Crippen LogP contribution in [-0.4, -0.2) is 19.0 Å². The summed E-state index contributed by atoms with van der Waals surface area (Å²) in [6.07, 6.45) is -3.95. The molecule has 2 N–H and O–H groups in total. The summed E-state index contributed by atoms with van der Waals surface area (Å²) in [7, 11) is 0. The minimum atomic E-state index is -4.35. The highest BCUT2D eigenvalue weighted by Gasteiger charge is 2.30. The molecule has 1 aliphatic rings. The van der Waals surface area contributed by atoms with E-state index in [9.17, 15) is 18.0 Å². The molecule has 0 bridgehead atoms. The third kappa shape index (κ3) is 3.22. The van der Waals surface area contributed by atoms with Crippen LogP contribution in [0.4, 0.5) is 18.9 Å². The molecule has 0 unspecified atom stereocenters. The van der Waals surface area contributed by atoms with Crippen LogP contribution in [0.5, 0.6) is 0 Å². The first-order valence-corrected chi connectivity index (χ1v) is 5.63. The number of benzene rings is 1. The Labute approximate surface area is 102 Å². The standard InChI is InChI=1S/C12H13F3N2O/c13-12(14,15)9-1-3-10(4-2-9)17-11(18)5-8-6-16-7-8/h1-4,8,16H,5-7H2,(H,17,18). The maximum Gasteiger partial charge on any atom is 0.416 e. The molecule has 1 aliphatic heterocycles. The van der Waals surface area contributed by atoms with Crippen LogP contribution in [0.25, 0.3) is 0 Å². The largest absolute Gasteiger partial charge is 0.416 e. The van der Waals surface area contributed by atoms with Gasteiger partial charge < -0.3 is 10.6 Å². The third-order valence-corrected chi connectivity index (χ3v) is 2.84. The fourth-order valence-electron chi connectivity index (χ4n) is 1.71. The predicted octanol–water partition coefficient (Wildman–Crippen LogP) is 2.25. The molecule has 6 heteroatoms. The van der Waals surface area contributed by atoms with Crippen LogP contribution >= 0.6 is 0 Å². The number of nitrogens with one attached hydrogen (secondary N) is 2. The van der Waals surface area contributed by atoms with Gasteiger partial charge in [-0.05, 0) is 43.3 Å². The van der Waals surface area contributed by atoms with Crippen molar-refractivity contribution in [1.82, 2.24) is 5.32 Å². The van der Waals surface area contributed by atoms with E-state index in [-0.39, 0.29) is 5.91 Å². The van der Waals surface area contributed by atoms with Gasteiger partial charge in [-0.15, -0.1) is 0 Å². The highest BCUT2D eigenvalue weighted by atomic mass is 19.4. The minimum Gasteiger partial charge on any atom is -0.326 e. The van der Waals surface area contributed by atoms with Crippen molar-refractivity contribution in [2.75, 3.05) is 18.4 Å². The van der Waals surface area contributed by atoms with E-state index < -0.39 is 11.7 Å². The molecule has 1 aromatic rings. The van der Waals surface area contributed by atoms with Crippen molar-refractivity contribution in [2.24, 2.45) is 5.92 Å². The molecular formula is C12H13F3N2O. The molecule has 0 atom stereocenters. The molecule has 1 aromatic carbocycles. The molecule has 0 spiro atoms. The molecule has 1 fully saturated rings. The summed E-state index contributed by atoms with van der Waals surface area (Å²) in [6.45, 7) is 1.64. The van der Waals surface area contributed by atoms with Gasteiger partial charge in [0.1, 0.15) is 0 Å². The Morgan fingerprint density at radius 3 is 2.33 bits per heavy atom. The molecule has 0 aromatic heterocycles. The second-order valence-electron chi connectivity index (χ2n) is 4.35. The van der Waals surface area contributed by atoms with Gasteiger partial charge >= 0.3 is 6.18 Å².